The van der Waals surface area contributed by atoms with Crippen LogP contribution in [0, 0.1) is 6.92 Å². The van der Waals surface area contributed by atoms with Crippen LogP contribution in [0.15, 0.2) is 42.5 Å². The Labute approximate surface area is 122 Å². The van der Waals surface area contributed by atoms with Crippen molar-refractivity contribution >= 4 is 11.6 Å². The van der Waals surface area contributed by atoms with Crippen LogP contribution >= 0.6 is 11.6 Å². The Balaban J connectivity index is 1.82. The highest BCUT2D eigenvalue weighted by Gasteiger charge is 2.28. The maximum absolute atomic E-state index is 10.4. The van der Waals surface area contributed by atoms with Gasteiger partial charge in [-0.3, -0.25) is 0 Å². The van der Waals surface area contributed by atoms with Gasteiger partial charge in [0.2, 0.25) is 0 Å². The van der Waals surface area contributed by atoms with E-state index in [1.165, 1.54) is 0 Å². The van der Waals surface area contributed by atoms with Crippen LogP contribution in [0.3, 0.4) is 0 Å². The van der Waals surface area contributed by atoms with Crippen molar-refractivity contribution in [1.82, 2.24) is 0 Å². The molecule has 3 nitrogen and oxygen atoms in total. The fourth-order valence-corrected chi connectivity index (χ4v) is 2.39. The summed E-state index contributed by atoms with van der Waals surface area (Å²) in [5, 5.41) is 11.1. The van der Waals surface area contributed by atoms with E-state index < -0.39 is 12.2 Å². The monoisotopic (exact) mass is 290 g/mol. The van der Waals surface area contributed by atoms with Gasteiger partial charge < -0.3 is 14.6 Å². The molecule has 1 aliphatic heterocycles. The average molecular weight is 291 g/mol. The molecule has 104 valence electrons. The third-order valence-electron chi connectivity index (χ3n) is 3.42. The van der Waals surface area contributed by atoms with E-state index >= 15 is 0 Å². The molecule has 0 aromatic heterocycles. The Morgan fingerprint density at radius 1 is 1.20 bits per heavy atom. The van der Waals surface area contributed by atoms with Crippen LogP contribution in [-0.4, -0.2) is 17.8 Å². The zero-order valence-corrected chi connectivity index (χ0v) is 11.8. The van der Waals surface area contributed by atoms with Gasteiger partial charge in [0.25, 0.3) is 0 Å². The first-order chi connectivity index (χ1) is 9.65. The van der Waals surface area contributed by atoms with Crippen molar-refractivity contribution in [1.29, 1.82) is 0 Å². The lowest BCUT2D eigenvalue weighted by Gasteiger charge is -2.29. The normalized spacial score (nSPS) is 18.6. The molecule has 0 radical (unpaired) electrons. The molecule has 0 saturated heterocycles. The SMILES string of the molecule is Cc1ccc(C(O)C2COc3ccccc3O2)cc1Cl. The van der Waals surface area contributed by atoms with Crippen LogP contribution in [0.1, 0.15) is 17.2 Å². The molecule has 20 heavy (non-hydrogen) atoms. The maximum atomic E-state index is 10.4. The summed E-state index contributed by atoms with van der Waals surface area (Å²) in [4.78, 5) is 0. The molecule has 2 unspecified atom stereocenters. The molecular formula is C16H15ClO3. The topological polar surface area (TPSA) is 38.7 Å². The molecule has 1 aliphatic rings. The van der Waals surface area contributed by atoms with E-state index in [4.69, 9.17) is 21.1 Å². The highest BCUT2D eigenvalue weighted by Crippen LogP contribution is 2.34. The van der Waals surface area contributed by atoms with Crippen LogP contribution in [0.2, 0.25) is 5.02 Å². The average Bonchev–Trinajstić information content (AvgIpc) is 2.49. The predicted octanol–water partition coefficient (Wildman–Crippen LogP) is 3.52. The second-order valence-corrected chi connectivity index (χ2v) is 5.27. The van der Waals surface area contributed by atoms with Crippen molar-refractivity contribution in [3.05, 3.63) is 58.6 Å². The van der Waals surface area contributed by atoms with Gasteiger partial charge in [0.05, 0.1) is 0 Å². The second kappa shape index (κ2) is 5.35. The van der Waals surface area contributed by atoms with Gasteiger partial charge in [0.15, 0.2) is 17.6 Å². The number of aliphatic hydroxyl groups is 1. The summed E-state index contributed by atoms with van der Waals surface area (Å²) in [6.45, 7) is 2.23. The first kappa shape index (κ1) is 13.3. The number of aliphatic hydroxyl groups excluding tert-OH is 1. The van der Waals surface area contributed by atoms with Crippen molar-refractivity contribution in [2.45, 2.75) is 19.1 Å². The van der Waals surface area contributed by atoms with E-state index in [1.807, 2.05) is 43.3 Å². The first-order valence-corrected chi connectivity index (χ1v) is 6.85. The third kappa shape index (κ3) is 2.47. The second-order valence-electron chi connectivity index (χ2n) is 4.87. The minimum atomic E-state index is -0.776. The molecule has 1 heterocycles. The van der Waals surface area contributed by atoms with Crippen molar-refractivity contribution in [3.63, 3.8) is 0 Å². The molecule has 2 aromatic rings. The van der Waals surface area contributed by atoms with Gasteiger partial charge in [-0.15, -0.1) is 0 Å². The summed E-state index contributed by atoms with van der Waals surface area (Å²) in [7, 11) is 0. The largest absolute Gasteiger partial charge is 0.486 e. The van der Waals surface area contributed by atoms with Crippen molar-refractivity contribution < 1.29 is 14.6 Å². The summed E-state index contributed by atoms with van der Waals surface area (Å²) < 4.78 is 11.4. The van der Waals surface area contributed by atoms with Gasteiger partial charge in [-0.2, -0.15) is 0 Å². The molecule has 0 spiro atoms. The fraction of sp³-hybridized carbons (Fsp3) is 0.250. The highest BCUT2D eigenvalue weighted by atomic mass is 35.5. The van der Waals surface area contributed by atoms with Crippen LogP contribution in [-0.2, 0) is 0 Å². The maximum Gasteiger partial charge on any atom is 0.163 e. The van der Waals surface area contributed by atoms with Gasteiger partial charge in [-0.05, 0) is 36.2 Å². The molecule has 0 fully saturated rings. The van der Waals surface area contributed by atoms with Gasteiger partial charge in [0.1, 0.15) is 12.7 Å². The lowest BCUT2D eigenvalue weighted by Crippen LogP contribution is -2.34. The van der Waals surface area contributed by atoms with Gasteiger partial charge in [0, 0.05) is 5.02 Å². The predicted molar refractivity (Wildman–Crippen MR) is 77.5 cm³/mol. The van der Waals surface area contributed by atoms with Gasteiger partial charge >= 0.3 is 0 Å². The molecule has 0 aliphatic carbocycles. The van der Waals surface area contributed by atoms with Crippen molar-refractivity contribution in [2.75, 3.05) is 6.61 Å². The highest BCUT2D eigenvalue weighted by molar-refractivity contribution is 6.31. The van der Waals surface area contributed by atoms with Crippen molar-refractivity contribution in [3.8, 4) is 11.5 Å². The summed E-state index contributed by atoms with van der Waals surface area (Å²) in [5.41, 5.74) is 1.71. The van der Waals surface area contributed by atoms with Crippen molar-refractivity contribution in [2.24, 2.45) is 0 Å². The minimum Gasteiger partial charge on any atom is -0.486 e. The lowest BCUT2D eigenvalue weighted by molar-refractivity contribution is -0.0113. The molecule has 0 bridgehead atoms. The molecule has 0 saturated carbocycles. The number of rotatable bonds is 2. The van der Waals surface area contributed by atoms with E-state index in [-0.39, 0.29) is 0 Å². The van der Waals surface area contributed by atoms with E-state index in [0.717, 1.165) is 11.1 Å². The summed E-state index contributed by atoms with van der Waals surface area (Å²) >= 11 is 6.09. The van der Waals surface area contributed by atoms with Gasteiger partial charge in [-0.25, -0.2) is 0 Å². The number of benzene rings is 2. The zero-order valence-electron chi connectivity index (χ0n) is 11.0. The van der Waals surface area contributed by atoms with Crippen LogP contribution in [0.5, 0.6) is 11.5 Å². The Bertz CT molecular complexity index is 627. The van der Waals surface area contributed by atoms with Crippen LogP contribution in [0.4, 0.5) is 0 Å². The van der Waals surface area contributed by atoms with E-state index in [9.17, 15) is 5.11 Å². The fourth-order valence-electron chi connectivity index (χ4n) is 2.20. The Kier molecular flexibility index (Phi) is 3.55. The third-order valence-corrected chi connectivity index (χ3v) is 3.83. The molecule has 2 atom stereocenters. The standard InChI is InChI=1S/C16H15ClO3/c1-10-6-7-11(8-12(10)17)16(18)15-9-19-13-4-2-3-5-14(13)20-15/h2-8,15-16,18H,9H2,1H3. The Morgan fingerprint density at radius 2 is 1.95 bits per heavy atom. The lowest BCUT2D eigenvalue weighted by atomic mass is 10.0. The number of halogens is 1. The van der Waals surface area contributed by atoms with Crippen LogP contribution < -0.4 is 9.47 Å². The number of hydrogen-bond donors (Lipinski definition) is 1. The number of fused-ring (bicyclic) bond motifs is 1. The quantitative estimate of drug-likeness (QED) is 0.920. The smallest absolute Gasteiger partial charge is 0.163 e. The van der Waals surface area contributed by atoms with Gasteiger partial charge in [-0.1, -0.05) is 35.9 Å². The number of aryl methyl sites for hydroxylation is 1. The summed E-state index contributed by atoms with van der Waals surface area (Å²) in [6.07, 6.45) is -1.22. The number of ether oxygens (including phenoxy) is 2. The molecule has 2 aromatic carbocycles. The first-order valence-electron chi connectivity index (χ1n) is 6.48. The van der Waals surface area contributed by atoms with E-state index in [1.54, 1.807) is 6.07 Å². The zero-order chi connectivity index (χ0) is 14.1. The molecule has 1 N–H and O–H groups in total. The number of hydrogen-bond acceptors (Lipinski definition) is 3. The summed E-state index contributed by atoms with van der Waals surface area (Å²) in [5.74, 6) is 1.36. The van der Waals surface area contributed by atoms with E-state index in [0.29, 0.717) is 23.1 Å². The molecule has 3 rings (SSSR count). The Morgan fingerprint density at radius 3 is 2.70 bits per heavy atom. The van der Waals surface area contributed by atoms with Crippen LogP contribution in [0.25, 0.3) is 0 Å². The Hall–Kier alpha value is -1.71. The molecule has 4 heteroatoms. The summed E-state index contributed by atoms with van der Waals surface area (Å²) in [6, 6.07) is 13.0. The van der Waals surface area contributed by atoms with E-state index in [2.05, 4.69) is 0 Å². The number of para-hydroxylation sites is 2. The molecule has 0 amide bonds. The minimum absolute atomic E-state index is 0.309. The molecular weight excluding hydrogens is 276 g/mol.